The third-order valence-electron chi connectivity index (χ3n) is 1.89. The molecule has 0 saturated carbocycles. The molecule has 0 radical (unpaired) electrons. The van der Waals surface area contributed by atoms with Crippen LogP contribution in [0.3, 0.4) is 0 Å². The van der Waals surface area contributed by atoms with Crippen LogP contribution in [0, 0.1) is 0 Å². The van der Waals surface area contributed by atoms with Crippen LogP contribution in [0.4, 0.5) is 0 Å². The van der Waals surface area contributed by atoms with Crippen LogP contribution in [0.25, 0.3) is 11.0 Å². The highest BCUT2D eigenvalue weighted by atomic mass is 16.1. The lowest BCUT2D eigenvalue weighted by molar-refractivity contribution is 0.112. The van der Waals surface area contributed by atoms with Crippen molar-refractivity contribution >= 4 is 17.3 Å². The normalized spacial score (nSPS) is 10.4. The molecule has 3 nitrogen and oxygen atoms in total. The summed E-state index contributed by atoms with van der Waals surface area (Å²) >= 11 is 0. The van der Waals surface area contributed by atoms with Crippen LogP contribution in [0.1, 0.15) is 10.4 Å². The Hall–Kier alpha value is -1.64. The number of aldehydes is 1. The smallest absolute Gasteiger partial charge is 0.151 e. The van der Waals surface area contributed by atoms with Gasteiger partial charge in [-0.05, 0) is 12.1 Å². The maximum Gasteiger partial charge on any atom is 0.151 e. The van der Waals surface area contributed by atoms with Crippen LogP contribution in [-0.2, 0) is 7.05 Å². The van der Waals surface area contributed by atoms with Gasteiger partial charge < -0.3 is 4.57 Å². The molecular weight excluding hydrogens is 152 g/mol. The van der Waals surface area contributed by atoms with Gasteiger partial charge in [-0.1, -0.05) is 0 Å². The average molecular weight is 160 g/mol. The van der Waals surface area contributed by atoms with Crippen LogP contribution >= 0.6 is 0 Å². The van der Waals surface area contributed by atoms with Crippen LogP contribution in [0.15, 0.2) is 24.5 Å². The third kappa shape index (κ3) is 0.906. The van der Waals surface area contributed by atoms with Gasteiger partial charge in [0.05, 0.1) is 11.0 Å². The second-order valence-corrected chi connectivity index (χ2v) is 2.72. The topological polar surface area (TPSA) is 34.9 Å². The molecule has 0 atom stereocenters. The molecular formula is C9H8N2O. The quantitative estimate of drug-likeness (QED) is 0.591. The Morgan fingerprint density at radius 1 is 1.58 bits per heavy atom. The lowest BCUT2D eigenvalue weighted by atomic mass is 10.3. The predicted octanol–water partition coefficient (Wildman–Crippen LogP) is 1.39. The standard InChI is InChI=1S/C9H8N2O/c1-11-3-2-8-9(11)4-7(6-12)5-10-8/h2-6H,1H3. The fraction of sp³-hybridized carbons (Fsp3) is 0.111. The molecule has 0 N–H and O–H groups in total. The number of rotatable bonds is 1. The zero-order valence-corrected chi connectivity index (χ0v) is 6.69. The summed E-state index contributed by atoms with van der Waals surface area (Å²) in [7, 11) is 1.93. The maximum atomic E-state index is 10.4. The fourth-order valence-corrected chi connectivity index (χ4v) is 1.22. The van der Waals surface area contributed by atoms with Crippen molar-refractivity contribution in [3.63, 3.8) is 0 Å². The molecule has 2 rings (SSSR count). The molecule has 2 aromatic heterocycles. The Morgan fingerprint density at radius 2 is 2.42 bits per heavy atom. The van der Waals surface area contributed by atoms with Gasteiger partial charge in [0.15, 0.2) is 6.29 Å². The number of aryl methyl sites for hydroxylation is 1. The lowest BCUT2D eigenvalue weighted by Gasteiger charge is -1.95. The Labute approximate surface area is 69.6 Å². The highest BCUT2D eigenvalue weighted by Gasteiger charge is 1.99. The molecule has 0 spiro atoms. The summed E-state index contributed by atoms with van der Waals surface area (Å²) in [5.41, 5.74) is 2.52. The highest BCUT2D eigenvalue weighted by Crippen LogP contribution is 2.12. The Balaban J connectivity index is 2.79. The van der Waals surface area contributed by atoms with Crippen molar-refractivity contribution < 1.29 is 4.79 Å². The fourth-order valence-electron chi connectivity index (χ4n) is 1.22. The van der Waals surface area contributed by atoms with Gasteiger partial charge in [-0.15, -0.1) is 0 Å². The Kier molecular flexibility index (Phi) is 1.43. The van der Waals surface area contributed by atoms with Gasteiger partial charge in [0.2, 0.25) is 0 Å². The molecule has 2 aromatic rings. The predicted molar refractivity (Wildman–Crippen MR) is 46.1 cm³/mol. The van der Waals surface area contributed by atoms with Crippen LogP contribution in [-0.4, -0.2) is 15.8 Å². The second kappa shape index (κ2) is 2.44. The van der Waals surface area contributed by atoms with Crippen LogP contribution in [0.2, 0.25) is 0 Å². The van der Waals surface area contributed by atoms with E-state index in [9.17, 15) is 4.79 Å². The number of aromatic nitrogens is 2. The van der Waals surface area contributed by atoms with Crippen LogP contribution in [0.5, 0.6) is 0 Å². The third-order valence-corrected chi connectivity index (χ3v) is 1.89. The number of hydrogen-bond acceptors (Lipinski definition) is 2. The molecule has 60 valence electrons. The maximum absolute atomic E-state index is 10.4. The summed E-state index contributed by atoms with van der Waals surface area (Å²) in [4.78, 5) is 14.6. The summed E-state index contributed by atoms with van der Waals surface area (Å²) in [5, 5.41) is 0. The molecule has 0 aliphatic heterocycles. The summed E-state index contributed by atoms with van der Waals surface area (Å²) < 4.78 is 1.94. The molecule has 0 aliphatic rings. The van der Waals surface area contributed by atoms with E-state index in [4.69, 9.17) is 0 Å². The molecule has 0 fully saturated rings. The minimum Gasteiger partial charge on any atom is -0.349 e. The van der Waals surface area contributed by atoms with Crippen LogP contribution < -0.4 is 0 Å². The average Bonchev–Trinajstić information content (AvgIpc) is 2.47. The van der Waals surface area contributed by atoms with Gasteiger partial charge in [-0.3, -0.25) is 9.78 Å². The van der Waals surface area contributed by atoms with Crippen molar-refractivity contribution in [2.75, 3.05) is 0 Å². The molecule has 0 unspecified atom stereocenters. The van der Waals surface area contributed by atoms with Crippen molar-refractivity contribution in [2.24, 2.45) is 7.05 Å². The Morgan fingerprint density at radius 3 is 3.17 bits per heavy atom. The number of carbonyl (C=O) groups excluding carboxylic acids is 1. The number of hydrogen-bond donors (Lipinski definition) is 0. The van der Waals surface area contributed by atoms with Crippen molar-refractivity contribution in [1.82, 2.24) is 9.55 Å². The molecule has 0 aliphatic carbocycles. The van der Waals surface area contributed by atoms with Gasteiger partial charge in [0.25, 0.3) is 0 Å². The van der Waals surface area contributed by atoms with Gasteiger partial charge in [0, 0.05) is 25.0 Å². The van der Waals surface area contributed by atoms with Gasteiger partial charge in [-0.2, -0.15) is 0 Å². The number of fused-ring (bicyclic) bond motifs is 1. The highest BCUT2D eigenvalue weighted by molar-refractivity contribution is 5.83. The summed E-state index contributed by atoms with van der Waals surface area (Å²) in [6, 6.07) is 3.75. The van der Waals surface area contributed by atoms with Crippen molar-refractivity contribution in [2.45, 2.75) is 0 Å². The number of nitrogens with zero attached hydrogens (tertiary/aromatic N) is 2. The molecule has 0 bridgehead atoms. The summed E-state index contributed by atoms with van der Waals surface area (Å²) in [5.74, 6) is 0. The van der Waals surface area contributed by atoms with Gasteiger partial charge >= 0.3 is 0 Å². The van der Waals surface area contributed by atoms with E-state index in [1.165, 1.54) is 0 Å². The van der Waals surface area contributed by atoms with Gasteiger partial charge in [0.1, 0.15) is 0 Å². The zero-order chi connectivity index (χ0) is 8.55. The largest absolute Gasteiger partial charge is 0.349 e. The second-order valence-electron chi connectivity index (χ2n) is 2.72. The van der Waals surface area contributed by atoms with E-state index in [0.29, 0.717) is 5.56 Å². The number of pyridine rings is 1. The van der Waals surface area contributed by atoms with Gasteiger partial charge in [-0.25, -0.2) is 0 Å². The SMILES string of the molecule is Cn1ccc2ncc(C=O)cc21. The monoisotopic (exact) mass is 160 g/mol. The van der Waals surface area contributed by atoms with Crippen molar-refractivity contribution in [1.29, 1.82) is 0 Å². The van der Waals surface area contributed by atoms with E-state index in [1.54, 1.807) is 6.20 Å². The lowest BCUT2D eigenvalue weighted by Crippen LogP contribution is -1.87. The van der Waals surface area contributed by atoms with E-state index in [-0.39, 0.29) is 0 Å². The van der Waals surface area contributed by atoms with E-state index in [2.05, 4.69) is 4.98 Å². The molecule has 0 saturated heterocycles. The molecule has 0 amide bonds. The molecule has 0 aromatic carbocycles. The number of carbonyl (C=O) groups is 1. The first-order valence-corrected chi connectivity index (χ1v) is 3.67. The van der Waals surface area contributed by atoms with E-state index >= 15 is 0 Å². The first kappa shape index (κ1) is 7.03. The van der Waals surface area contributed by atoms with E-state index in [0.717, 1.165) is 17.3 Å². The minimum atomic E-state index is 0.615. The zero-order valence-electron chi connectivity index (χ0n) is 6.69. The molecule has 3 heteroatoms. The summed E-state index contributed by atoms with van der Waals surface area (Å²) in [6.45, 7) is 0. The molecule has 2 heterocycles. The molecule has 12 heavy (non-hydrogen) atoms. The summed E-state index contributed by atoms with van der Waals surface area (Å²) in [6.07, 6.45) is 4.31. The van der Waals surface area contributed by atoms with Crippen molar-refractivity contribution in [3.05, 3.63) is 30.1 Å². The first-order valence-electron chi connectivity index (χ1n) is 3.67. The van der Waals surface area contributed by atoms with E-state index in [1.807, 2.05) is 29.9 Å². The first-order chi connectivity index (χ1) is 5.81. The minimum absolute atomic E-state index is 0.615. The Bertz CT molecular complexity index is 431. The van der Waals surface area contributed by atoms with Crippen molar-refractivity contribution in [3.8, 4) is 0 Å². The van der Waals surface area contributed by atoms with E-state index < -0.39 is 0 Å².